The van der Waals surface area contributed by atoms with Crippen molar-refractivity contribution >= 4 is 5.69 Å². The van der Waals surface area contributed by atoms with Gasteiger partial charge in [0.2, 0.25) is 0 Å². The summed E-state index contributed by atoms with van der Waals surface area (Å²) in [6.45, 7) is 13.7. The Kier molecular flexibility index (Phi) is 16.7. The molecule has 2 rings (SSSR count). The van der Waals surface area contributed by atoms with Gasteiger partial charge in [0.05, 0.1) is 7.11 Å². The van der Waals surface area contributed by atoms with Gasteiger partial charge in [0.25, 0.3) is 5.60 Å². The Hall–Kier alpha value is -2.11. The quantitative estimate of drug-likeness (QED) is 0.190. The molecular weight excluding hydrogens is 665 g/mol. The monoisotopic (exact) mass is 704 g/mol. The Morgan fingerprint density at radius 3 is 1.26 bits per heavy atom. The summed E-state index contributed by atoms with van der Waals surface area (Å²) in [6, 6.07) is 14.2. The fraction of sp³-hybridized carbons (Fsp3) is 0.536. The summed E-state index contributed by atoms with van der Waals surface area (Å²) in [6.07, 6.45) is -15.9. The van der Waals surface area contributed by atoms with Crippen LogP contribution in [0.25, 0.3) is 0 Å². The molecule has 0 fully saturated rings. The van der Waals surface area contributed by atoms with E-state index in [1.165, 1.54) is 16.8 Å². The van der Waals surface area contributed by atoms with Gasteiger partial charge in [-0.25, -0.2) is 0 Å². The van der Waals surface area contributed by atoms with Gasteiger partial charge in [-0.2, -0.15) is 58.1 Å². The van der Waals surface area contributed by atoms with Gasteiger partial charge < -0.3 is 14.9 Å². The number of hydrogen-bond acceptors (Lipinski definition) is 4. The first-order chi connectivity index (χ1) is 18.7. The van der Waals surface area contributed by atoms with Crippen LogP contribution in [-0.2, 0) is 19.6 Å². The minimum absolute atomic E-state index is 0.340. The molecule has 242 valence electrons. The van der Waals surface area contributed by atoms with Crippen molar-refractivity contribution in [2.24, 2.45) is 3.50 Å². The SMILES string of the molecule is CC(C)(O)C(F)(F)F.CC(C)c1cccc(C(C)C)c1[N]=[Mo].CC(O)(C(F)(F)F)C(F)(F)F.[CH2-]c1ccccc1OC. The maximum Gasteiger partial charge on any atom is 0.425 e. The number of ether oxygens (including phenoxy) is 1. The van der Waals surface area contributed by atoms with Crippen LogP contribution in [-0.4, -0.2) is 47.1 Å². The summed E-state index contributed by atoms with van der Waals surface area (Å²) < 4.78 is 111. The third-order valence-electron chi connectivity index (χ3n) is 5.42. The molecule has 0 saturated carbocycles. The minimum atomic E-state index is -5.69. The zero-order valence-corrected chi connectivity index (χ0v) is 26.5. The molecule has 42 heavy (non-hydrogen) atoms. The Morgan fingerprint density at radius 1 is 0.714 bits per heavy atom. The fourth-order valence-electron chi connectivity index (χ4n) is 2.48. The van der Waals surface area contributed by atoms with Crippen LogP contribution in [0.1, 0.15) is 77.0 Å². The Morgan fingerprint density at radius 2 is 1.07 bits per heavy atom. The van der Waals surface area contributed by atoms with Gasteiger partial charge in [0.15, 0.2) is 5.60 Å². The van der Waals surface area contributed by atoms with E-state index >= 15 is 0 Å². The van der Waals surface area contributed by atoms with Crippen LogP contribution < -0.4 is 4.74 Å². The summed E-state index contributed by atoms with van der Waals surface area (Å²) in [7, 11) is 1.64. The Balaban J connectivity index is 0. The molecule has 0 aliphatic carbocycles. The van der Waals surface area contributed by atoms with Crippen LogP contribution in [0.5, 0.6) is 5.75 Å². The van der Waals surface area contributed by atoms with Crippen molar-refractivity contribution in [1.29, 1.82) is 0 Å². The predicted molar refractivity (Wildman–Crippen MR) is 139 cm³/mol. The molecule has 0 bridgehead atoms. The van der Waals surface area contributed by atoms with E-state index in [4.69, 9.17) is 14.9 Å². The van der Waals surface area contributed by atoms with Crippen molar-refractivity contribution in [2.75, 3.05) is 7.11 Å². The first-order valence-electron chi connectivity index (χ1n) is 12.2. The number of para-hydroxylation sites is 1. The Labute approximate surface area is 252 Å². The summed E-state index contributed by atoms with van der Waals surface area (Å²) >= 11 is 1.81. The number of halogens is 9. The molecule has 2 aromatic carbocycles. The van der Waals surface area contributed by atoms with Crippen LogP contribution >= 0.6 is 0 Å². The van der Waals surface area contributed by atoms with E-state index < -0.39 is 29.7 Å². The molecule has 0 aliphatic rings. The second kappa shape index (κ2) is 16.7. The number of aliphatic hydroxyl groups is 2. The molecule has 0 aromatic heterocycles. The maximum absolute atomic E-state index is 11.4. The standard InChI is InChI=1S/C12H17N.C8H9O.C4H4F6O.C4H7F3O.Mo/c1-8(2)10-6-5-7-11(9(3)4)12(10)13;1-7-5-3-4-6-8(7)9-2;1-2(11,3(5,6)7)4(8,9)10;1-3(2,8)4(5,6)7;/h5-9H,1-4H3;3-6H,1H2,2H3;11H,1H3;8H,1-2H3;/q;-1;;;. The van der Waals surface area contributed by atoms with Crippen LogP contribution in [0.4, 0.5) is 45.2 Å². The van der Waals surface area contributed by atoms with Crippen molar-refractivity contribution in [3.63, 3.8) is 0 Å². The molecule has 2 N–H and O–H groups in total. The molecular formula is C28H37F9MoNO3-. The van der Waals surface area contributed by atoms with Gasteiger partial charge in [-0.1, -0.05) is 12.1 Å². The van der Waals surface area contributed by atoms with Crippen LogP contribution in [0.15, 0.2) is 46.0 Å². The molecule has 0 radical (unpaired) electrons. The molecule has 14 heteroatoms. The number of hydrogen-bond donors (Lipinski definition) is 2. The minimum Gasteiger partial charge on any atom is -0.554 e. The van der Waals surface area contributed by atoms with Gasteiger partial charge >= 0.3 is 116 Å². The van der Waals surface area contributed by atoms with Crippen LogP contribution in [0.2, 0.25) is 0 Å². The van der Waals surface area contributed by atoms with E-state index in [-0.39, 0.29) is 6.92 Å². The average molecular weight is 703 g/mol. The first-order valence-corrected chi connectivity index (χ1v) is 13.1. The molecule has 0 atom stereocenters. The van der Waals surface area contributed by atoms with Crippen molar-refractivity contribution < 1.29 is 74.1 Å². The van der Waals surface area contributed by atoms with Crippen molar-refractivity contribution in [2.45, 2.75) is 90.0 Å². The predicted octanol–water partition coefficient (Wildman–Crippen LogP) is 9.35. The van der Waals surface area contributed by atoms with E-state index in [1.807, 2.05) is 43.9 Å². The van der Waals surface area contributed by atoms with E-state index in [0.717, 1.165) is 11.3 Å². The normalized spacial score (nSPS) is 12.3. The molecule has 0 amide bonds. The largest absolute Gasteiger partial charge is 0.554 e. The number of rotatable bonds is 4. The molecule has 0 aliphatic heterocycles. The summed E-state index contributed by atoms with van der Waals surface area (Å²) in [5.74, 6) is 1.95. The van der Waals surface area contributed by atoms with Crippen LogP contribution in [0.3, 0.4) is 0 Å². The molecule has 0 unspecified atom stereocenters. The molecule has 4 nitrogen and oxygen atoms in total. The zero-order chi connectivity index (χ0) is 33.9. The van der Waals surface area contributed by atoms with E-state index in [9.17, 15) is 39.5 Å². The average Bonchev–Trinajstić information content (AvgIpc) is 2.82. The van der Waals surface area contributed by atoms with E-state index in [0.29, 0.717) is 25.7 Å². The zero-order valence-electron chi connectivity index (χ0n) is 24.5. The maximum atomic E-state index is 11.4. The van der Waals surface area contributed by atoms with Gasteiger partial charge in [-0.05, 0) is 20.8 Å². The van der Waals surface area contributed by atoms with E-state index in [2.05, 4.69) is 56.3 Å². The first kappa shape index (κ1) is 42.0. The summed E-state index contributed by atoms with van der Waals surface area (Å²) in [4.78, 5) is 0. The second-order valence-corrected chi connectivity index (χ2v) is 10.6. The van der Waals surface area contributed by atoms with Gasteiger partial charge in [0, 0.05) is 5.75 Å². The molecule has 0 saturated heterocycles. The number of nitrogens with zero attached hydrogens (tertiary/aromatic N) is 1. The number of alkyl halides is 9. The number of benzene rings is 2. The van der Waals surface area contributed by atoms with Gasteiger partial charge in [-0.15, -0.1) is 6.07 Å². The summed E-state index contributed by atoms with van der Waals surface area (Å²) in [5.41, 5.74) is -2.34. The third kappa shape index (κ3) is 13.5. The summed E-state index contributed by atoms with van der Waals surface area (Å²) in [5, 5.41) is 16.2. The topological polar surface area (TPSA) is 62.1 Å². The fourth-order valence-corrected chi connectivity index (χ4v) is 3.00. The molecule has 0 heterocycles. The third-order valence-corrected chi connectivity index (χ3v) is 5.87. The van der Waals surface area contributed by atoms with Crippen molar-refractivity contribution in [3.05, 3.63) is 66.1 Å². The molecule has 0 spiro atoms. The van der Waals surface area contributed by atoms with Gasteiger partial charge in [0.1, 0.15) is 0 Å². The smallest absolute Gasteiger partial charge is 0.425 e. The second-order valence-electron chi connectivity index (χ2n) is 10.1. The van der Waals surface area contributed by atoms with E-state index in [1.54, 1.807) is 7.11 Å². The Bertz CT molecular complexity index is 1040. The van der Waals surface area contributed by atoms with Crippen molar-refractivity contribution in [1.82, 2.24) is 0 Å². The van der Waals surface area contributed by atoms with Crippen LogP contribution in [0, 0.1) is 6.92 Å². The number of methoxy groups -OCH3 is 1. The molecule has 2 aromatic rings. The van der Waals surface area contributed by atoms with Crippen molar-refractivity contribution in [3.8, 4) is 5.75 Å². The van der Waals surface area contributed by atoms with Gasteiger partial charge in [-0.3, -0.25) is 0 Å².